The zero-order valence-electron chi connectivity index (χ0n) is 13.7. The molecule has 0 fully saturated rings. The van der Waals surface area contributed by atoms with Gasteiger partial charge in [0.25, 0.3) is 5.09 Å². The van der Waals surface area contributed by atoms with Gasteiger partial charge in [-0.3, -0.25) is 4.79 Å². The van der Waals surface area contributed by atoms with Crippen LogP contribution in [-0.2, 0) is 14.4 Å². The van der Waals surface area contributed by atoms with Crippen LogP contribution in [0.2, 0.25) is 0 Å². The highest BCUT2D eigenvalue weighted by molar-refractivity contribution is 6.09. The van der Waals surface area contributed by atoms with Crippen LogP contribution in [0.5, 0.6) is 0 Å². The van der Waals surface area contributed by atoms with Crippen molar-refractivity contribution in [2.45, 2.75) is 12.5 Å². The lowest BCUT2D eigenvalue weighted by atomic mass is 9.99. The van der Waals surface area contributed by atoms with E-state index in [1.807, 2.05) is 0 Å². The van der Waals surface area contributed by atoms with Crippen LogP contribution in [0.15, 0.2) is 54.6 Å². The Morgan fingerprint density at radius 2 is 1.73 bits per heavy atom. The summed E-state index contributed by atoms with van der Waals surface area (Å²) in [6.07, 6.45) is -1.44. The largest absolute Gasteiger partial charge is 0.463 e. The summed E-state index contributed by atoms with van der Waals surface area (Å²) in [4.78, 5) is 38.4. The number of esters is 1. The number of rotatable bonds is 9. The zero-order chi connectivity index (χ0) is 18.9. The molecule has 26 heavy (non-hydrogen) atoms. The first-order valence-corrected chi connectivity index (χ1v) is 7.81. The van der Waals surface area contributed by atoms with E-state index in [0.717, 1.165) is 0 Å². The highest BCUT2D eigenvalue weighted by Gasteiger charge is 2.20. The van der Waals surface area contributed by atoms with Gasteiger partial charge in [-0.2, -0.15) is 0 Å². The number of benzene rings is 2. The minimum atomic E-state index is -1.56. The lowest BCUT2D eigenvalue weighted by Gasteiger charge is -2.12. The fourth-order valence-electron chi connectivity index (χ4n) is 2.19. The molecule has 2 rings (SSSR count). The van der Waals surface area contributed by atoms with Crippen molar-refractivity contribution < 1.29 is 29.4 Å². The molecule has 8 heteroatoms. The predicted octanol–water partition coefficient (Wildman–Crippen LogP) is 2.09. The third-order valence-corrected chi connectivity index (χ3v) is 3.45. The molecule has 136 valence electrons. The highest BCUT2D eigenvalue weighted by Crippen LogP contribution is 2.18. The molecule has 0 spiro atoms. The minimum absolute atomic E-state index is 0.117. The number of aliphatic hydroxyl groups is 1. The van der Waals surface area contributed by atoms with Gasteiger partial charge in [0.05, 0.1) is 13.2 Å². The maximum atomic E-state index is 12.4. The first-order valence-electron chi connectivity index (χ1n) is 7.81. The van der Waals surface area contributed by atoms with Crippen LogP contribution in [-0.4, -0.2) is 35.2 Å². The van der Waals surface area contributed by atoms with Crippen molar-refractivity contribution in [1.82, 2.24) is 0 Å². The summed E-state index contributed by atoms with van der Waals surface area (Å²) in [5, 5.41) is 19.1. The molecular formula is C18H17NO7. The third kappa shape index (κ3) is 5.38. The van der Waals surface area contributed by atoms with Gasteiger partial charge in [0, 0.05) is 17.5 Å². The van der Waals surface area contributed by atoms with Crippen molar-refractivity contribution in [2.24, 2.45) is 0 Å². The first-order chi connectivity index (χ1) is 12.5. The standard InChI is InChI=1S/C18H17NO7/c20-16(13-6-2-1-3-7-13)14-8-4-9-15(12-14)17(21)18(22)25-10-5-11-26-19(23)24/h1-4,6-9,12,17,21H,5,10-11H2/t17-/m0/s1. The number of hydrogen-bond acceptors (Lipinski definition) is 7. The fourth-order valence-corrected chi connectivity index (χ4v) is 2.19. The van der Waals surface area contributed by atoms with Gasteiger partial charge in [-0.1, -0.05) is 48.5 Å². The van der Waals surface area contributed by atoms with E-state index in [9.17, 15) is 24.8 Å². The molecule has 0 aliphatic rings. The Morgan fingerprint density at radius 3 is 2.42 bits per heavy atom. The van der Waals surface area contributed by atoms with Crippen LogP contribution < -0.4 is 0 Å². The molecule has 0 aliphatic carbocycles. The molecule has 0 aromatic heterocycles. The topological polar surface area (TPSA) is 116 Å². The molecule has 0 amide bonds. The molecule has 1 N–H and O–H groups in total. The molecule has 2 aromatic carbocycles. The smallest absolute Gasteiger partial charge is 0.339 e. The second-order valence-electron chi connectivity index (χ2n) is 5.30. The molecule has 2 aromatic rings. The SMILES string of the molecule is O=C(c1ccccc1)c1cccc([C@H](O)C(=O)OCCCO[N+](=O)[O-])c1. The average Bonchev–Trinajstić information content (AvgIpc) is 2.67. The molecule has 0 bridgehead atoms. The Labute approximate surface area is 149 Å². The van der Waals surface area contributed by atoms with E-state index in [-0.39, 0.29) is 31.0 Å². The minimum Gasteiger partial charge on any atom is -0.463 e. The lowest BCUT2D eigenvalue weighted by Crippen LogP contribution is -2.17. The second-order valence-corrected chi connectivity index (χ2v) is 5.30. The maximum Gasteiger partial charge on any atom is 0.339 e. The van der Waals surface area contributed by atoms with Crippen molar-refractivity contribution in [3.8, 4) is 0 Å². The molecule has 0 heterocycles. The first kappa shape index (κ1) is 19.1. The Bertz CT molecular complexity index is 776. The summed E-state index contributed by atoms with van der Waals surface area (Å²) >= 11 is 0. The molecule has 0 aliphatic heterocycles. The van der Waals surface area contributed by atoms with E-state index >= 15 is 0 Å². The fraction of sp³-hybridized carbons (Fsp3) is 0.222. The lowest BCUT2D eigenvalue weighted by molar-refractivity contribution is -0.757. The molecule has 1 atom stereocenters. The zero-order valence-corrected chi connectivity index (χ0v) is 13.7. The van der Waals surface area contributed by atoms with E-state index in [4.69, 9.17) is 4.74 Å². The van der Waals surface area contributed by atoms with E-state index in [1.165, 1.54) is 12.1 Å². The van der Waals surface area contributed by atoms with Crippen molar-refractivity contribution in [3.05, 3.63) is 81.4 Å². The van der Waals surface area contributed by atoms with Gasteiger partial charge in [-0.15, -0.1) is 10.1 Å². The van der Waals surface area contributed by atoms with E-state index in [1.54, 1.807) is 42.5 Å². The average molecular weight is 359 g/mol. The number of ether oxygens (including phenoxy) is 1. The molecule has 0 unspecified atom stereocenters. The van der Waals surface area contributed by atoms with Crippen LogP contribution in [0.1, 0.15) is 34.0 Å². The molecule has 0 radical (unpaired) electrons. The third-order valence-electron chi connectivity index (χ3n) is 3.45. The summed E-state index contributed by atoms with van der Waals surface area (Å²) in [6, 6.07) is 14.7. The summed E-state index contributed by atoms with van der Waals surface area (Å²) in [5.74, 6) is -1.14. The number of hydrogen-bond donors (Lipinski definition) is 1. The number of carbonyl (C=O) groups excluding carboxylic acids is 2. The number of carbonyl (C=O) groups is 2. The van der Waals surface area contributed by atoms with Gasteiger partial charge in [0.2, 0.25) is 0 Å². The van der Waals surface area contributed by atoms with Gasteiger partial charge < -0.3 is 14.7 Å². The molecule has 8 nitrogen and oxygen atoms in total. The summed E-state index contributed by atoms with van der Waals surface area (Å²) in [6.45, 7) is -0.343. The Morgan fingerprint density at radius 1 is 1.04 bits per heavy atom. The number of ketones is 1. The van der Waals surface area contributed by atoms with Crippen molar-refractivity contribution in [3.63, 3.8) is 0 Å². The van der Waals surface area contributed by atoms with Crippen molar-refractivity contribution >= 4 is 11.8 Å². The molecular weight excluding hydrogens is 342 g/mol. The number of aliphatic hydroxyl groups excluding tert-OH is 1. The van der Waals surface area contributed by atoms with E-state index < -0.39 is 17.2 Å². The van der Waals surface area contributed by atoms with Gasteiger partial charge in [0.1, 0.15) is 0 Å². The van der Waals surface area contributed by atoms with Crippen LogP contribution in [0.3, 0.4) is 0 Å². The second kappa shape index (κ2) is 9.28. The summed E-state index contributed by atoms with van der Waals surface area (Å²) in [5.41, 5.74) is 1.05. The molecule has 0 saturated carbocycles. The summed E-state index contributed by atoms with van der Waals surface area (Å²) in [7, 11) is 0. The van der Waals surface area contributed by atoms with Gasteiger partial charge in [-0.05, 0) is 11.6 Å². The Hall–Kier alpha value is -3.26. The van der Waals surface area contributed by atoms with Crippen molar-refractivity contribution in [1.29, 1.82) is 0 Å². The van der Waals surface area contributed by atoms with Crippen molar-refractivity contribution in [2.75, 3.05) is 13.2 Å². The Balaban J connectivity index is 1.97. The molecule has 0 saturated heterocycles. The highest BCUT2D eigenvalue weighted by atomic mass is 16.9. The normalized spacial score (nSPS) is 11.4. The quantitative estimate of drug-likeness (QED) is 0.239. The maximum absolute atomic E-state index is 12.4. The van der Waals surface area contributed by atoms with Gasteiger partial charge >= 0.3 is 5.97 Å². The van der Waals surface area contributed by atoms with Crippen LogP contribution in [0, 0.1) is 10.1 Å². The number of nitrogens with zero attached hydrogens (tertiary/aromatic N) is 1. The van der Waals surface area contributed by atoms with Crippen LogP contribution in [0.4, 0.5) is 0 Å². The van der Waals surface area contributed by atoms with Crippen LogP contribution >= 0.6 is 0 Å². The van der Waals surface area contributed by atoms with Gasteiger partial charge in [0.15, 0.2) is 11.9 Å². The Kier molecular flexibility index (Phi) is 6.81. The monoisotopic (exact) mass is 359 g/mol. The van der Waals surface area contributed by atoms with Gasteiger partial charge in [-0.25, -0.2) is 4.79 Å². The van der Waals surface area contributed by atoms with Crippen LogP contribution in [0.25, 0.3) is 0 Å². The van der Waals surface area contributed by atoms with E-state index in [0.29, 0.717) is 11.1 Å². The summed E-state index contributed by atoms with van der Waals surface area (Å²) < 4.78 is 4.85. The van der Waals surface area contributed by atoms with E-state index in [2.05, 4.69) is 4.84 Å². The predicted molar refractivity (Wildman–Crippen MR) is 89.8 cm³/mol.